The second kappa shape index (κ2) is 9.12. The molecule has 4 heterocycles. The molecular weight excluding hydrogens is 408 g/mol. The number of fused-ring (bicyclic) bond motifs is 1. The first-order chi connectivity index (χ1) is 15.7. The van der Waals surface area contributed by atoms with Gasteiger partial charge in [-0.05, 0) is 30.3 Å². The fraction of sp³-hybridized carbons (Fsp3) is 0.333. The van der Waals surface area contributed by atoms with Crippen LogP contribution in [0.5, 0.6) is 5.75 Å². The lowest BCUT2D eigenvalue weighted by atomic mass is 10.1. The first-order valence-electron chi connectivity index (χ1n) is 10.7. The average molecular weight is 434 g/mol. The zero-order chi connectivity index (χ0) is 21.9. The number of aromatic nitrogens is 3. The third kappa shape index (κ3) is 4.52. The Morgan fingerprint density at radius 3 is 2.69 bits per heavy atom. The minimum Gasteiger partial charge on any atom is -0.491 e. The van der Waals surface area contributed by atoms with Crippen molar-refractivity contribution < 1.29 is 19.0 Å². The molecule has 1 fully saturated rings. The van der Waals surface area contributed by atoms with Crippen LogP contribution in [0.3, 0.4) is 0 Å². The lowest BCUT2D eigenvalue weighted by Crippen LogP contribution is -2.42. The number of β-amino-alcohol motifs (C(OH)–C–C–N with tert-alkyl or cyclic N) is 1. The number of furan rings is 1. The Hall–Kier alpha value is -3.20. The molecule has 1 aliphatic heterocycles. The molecule has 1 N–H and O–H groups in total. The van der Waals surface area contributed by atoms with Crippen LogP contribution in [0.15, 0.2) is 59.4 Å². The van der Waals surface area contributed by atoms with Gasteiger partial charge in [-0.2, -0.15) is 5.10 Å². The molecule has 4 aromatic rings. The van der Waals surface area contributed by atoms with Crippen LogP contribution in [0, 0.1) is 0 Å². The Bertz CT molecular complexity index is 1180. The molecule has 5 rings (SSSR count). The molecule has 1 aliphatic rings. The molecule has 0 aliphatic carbocycles. The van der Waals surface area contributed by atoms with Crippen molar-refractivity contribution in [2.75, 3.05) is 39.5 Å². The van der Waals surface area contributed by atoms with Gasteiger partial charge in [0.05, 0.1) is 19.4 Å². The average Bonchev–Trinajstić information content (AvgIpc) is 3.45. The highest BCUT2D eigenvalue weighted by atomic mass is 16.5. The Labute approximate surface area is 186 Å². The molecule has 1 atom stereocenters. The minimum absolute atomic E-state index is 0.250. The van der Waals surface area contributed by atoms with E-state index in [1.807, 2.05) is 55.8 Å². The maximum atomic E-state index is 10.3. The van der Waals surface area contributed by atoms with Crippen molar-refractivity contribution in [2.24, 2.45) is 7.05 Å². The lowest BCUT2D eigenvalue weighted by Gasteiger charge is -2.28. The summed E-state index contributed by atoms with van der Waals surface area (Å²) in [5.74, 6) is 1.45. The normalized spacial score (nSPS) is 15.8. The molecule has 0 saturated carbocycles. The molecule has 0 amide bonds. The van der Waals surface area contributed by atoms with Crippen molar-refractivity contribution in [3.05, 3.63) is 55.0 Å². The molecule has 0 radical (unpaired) electrons. The molecule has 1 aromatic carbocycles. The van der Waals surface area contributed by atoms with Gasteiger partial charge in [-0.3, -0.25) is 14.6 Å². The third-order valence-electron chi connectivity index (χ3n) is 5.58. The van der Waals surface area contributed by atoms with Gasteiger partial charge in [0.2, 0.25) is 0 Å². The maximum Gasteiger partial charge on any atom is 0.161 e. The summed E-state index contributed by atoms with van der Waals surface area (Å²) in [6.45, 7) is 3.97. The van der Waals surface area contributed by atoms with E-state index >= 15 is 0 Å². The summed E-state index contributed by atoms with van der Waals surface area (Å²) in [4.78, 5) is 6.64. The summed E-state index contributed by atoms with van der Waals surface area (Å²) in [6, 6.07) is 11.6. The van der Waals surface area contributed by atoms with Crippen molar-refractivity contribution in [1.29, 1.82) is 0 Å². The zero-order valence-electron chi connectivity index (χ0n) is 18.0. The summed E-state index contributed by atoms with van der Waals surface area (Å²) < 4.78 is 19.1. The standard InChI is InChI=1S/C24H26N4O4/c1-27-14-18(13-26-27)21-6-7-25-22-12-23(32-24(21)22)17-2-4-20(5-3-17)31-16-19(29)15-28-8-10-30-11-9-28/h2-7,12-14,19,29H,8-11,15-16H2,1H3. The van der Waals surface area contributed by atoms with E-state index in [0.29, 0.717) is 12.3 Å². The zero-order valence-corrected chi connectivity index (χ0v) is 18.0. The molecule has 3 aromatic heterocycles. The predicted octanol–water partition coefficient (Wildman–Crippen LogP) is 2.97. The molecule has 166 valence electrons. The van der Waals surface area contributed by atoms with Gasteiger partial charge in [0.15, 0.2) is 5.58 Å². The number of pyridine rings is 1. The Balaban J connectivity index is 1.26. The van der Waals surface area contributed by atoms with Gasteiger partial charge in [-0.25, -0.2) is 0 Å². The van der Waals surface area contributed by atoms with Crippen molar-refractivity contribution >= 4 is 11.1 Å². The second-order valence-corrected chi connectivity index (χ2v) is 7.99. The fourth-order valence-electron chi connectivity index (χ4n) is 3.91. The van der Waals surface area contributed by atoms with Crippen LogP contribution in [0.1, 0.15) is 0 Å². The number of rotatable bonds is 7. The van der Waals surface area contributed by atoms with Crippen LogP contribution in [-0.4, -0.2) is 70.3 Å². The third-order valence-corrected chi connectivity index (χ3v) is 5.58. The molecule has 1 saturated heterocycles. The van der Waals surface area contributed by atoms with Gasteiger partial charge in [-0.15, -0.1) is 0 Å². The fourth-order valence-corrected chi connectivity index (χ4v) is 3.91. The van der Waals surface area contributed by atoms with Gasteiger partial charge in [0.1, 0.15) is 29.7 Å². The quantitative estimate of drug-likeness (QED) is 0.479. The number of aliphatic hydroxyl groups excluding tert-OH is 1. The van der Waals surface area contributed by atoms with E-state index < -0.39 is 6.10 Å². The molecule has 8 heteroatoms. The van der Waals surface area contributed by atoms with E-state index in [9.17, 15) is 5.11 Å². The van der Waals surface area contributed by atoms with Gasteiger partial charge in [-0.1, -0.05) is 0 Å². The number of hydrogen-bond donors (Lipinski definition) is 1. The molecule has 1 unspecified atom stereocenters. The number of morpholine rings is 1. The summed E-state index contributed by atoms with van der Waals surface area (Å²) >= 11 is 0. The van der Waals surface area contributed by atoms with Crippen molar-refractivity contribution in [3.8, 4) is 28.2 Å². The number of aryl methyl sites for hydroxylation is 1. The first kappa shape index (κ1) is 20.7. The van der Waals surface area contributed by atoms with E-state index in [0.717, 1.165) is 59.9 Å². The Morgan fingerprint density at radius 2 is 1.94 bits per heavy atom. The second-order valence-electron chi connectivity index (χ2n) is 7.99. The first-order valence-corrected chi connectivity index (χ1v) is 10.7. The van der Waals surface area contributed by atoms with E-state index in [2.05, 4.69) is 15.0 Å². The van der Waals surface area contributed by atoms with Crippen LogP contribution >= 0.6 is 0 Å². The van der Waals surface area contributed by atoms with E-state index in [1.54, 1.807) is 10.9 Å². The number of aliphatic hydroxyl groups is 1. The molecule has 0 spiro atoms. The largest absolute Gasteiger partial charge is 0.491 e. The summed E-state index contributed by atoms with van der Waals surface area (Å²) in [7, 11) is 1.89. The topological polar surface area (TPSA) is 85.8 Å². The van der Waals surface area contributed by atoms with E-state index in [4.69, 9.17) is 13.9 Å². The summed E-state index contributed by atoms with van der Waals surface area (Å²) in [6.07, 6.45) is 5.01. The van der Waals surface area contributed by atoms with Gasteiger partial charge < -0.3 is 19.0 Å². The smallest absolute Gasteiger partial charge is 0.161 e. The van der Waals surface area contributed by atoms with Crippen LogP contribution in [0.25, 0.3) is 33.6 Å². The van der Waals surface area contributed by atoms with Crippen LogP contribution in [0.4, 0.5) is 0 Å². The Morgan fingerprint density at radius 1 is 1.12 bits per heavy atom. The highest BCUT2D eigenvalue weighted by molar-refractivity contribution is 5.92. The molecule has 32 heavy (non-hydrogen) atoms. The van der Waals surface area contributed by atoms with Crippen molar-refractivity contribution in [1.82, 2.24) is 19.7 Å². The monoisotopic (exact) mass is 434 g/mol. The minimum atomic E-state index is -0.542. The van der Waals surface area contributed by atoms with Crippen LogP contribution in [0.2, 0.25) is 0 Å². The Kier molecular flexibility index (Phi) is 5.89. The summed E-state index contributed by atoms with van der Waals surface area (Å²) in [5, 5.41) is 14.5. The van der Waals surface area contributed by atoms with Gasteiger partial charge in [0, 0.05) is 61.8 Å². The number of hydrogen-bond acceptors (Lipinski definition) is 7. The highest BCUT2D eigenvalue weighted by Gasteiger charge is 2.16. The molecular formula is C24H26N4O4. The van der Waals surface area contributed by atoms with E-state index in [1.165, 1.54) is 0 Å². The molecule has 0 bridgehead atoms. The number of nitrogens with zero attached hydrogens (tertiary/aromatic N) is 4. The number of benzene rings is 1. The highest BCUT2D eigenvalue weighted by Crippen LogP contribution is 2.33. The van der Waals surface area contributed by atoms with Crippen LogP contribution in [-0.2, 0) is 11.8 Å². The van der Waals surface area contributed by atoms with Crippen molar-refractivity contribution in [2.45, 2.75) is 6.10 Å². The van der Waals surface area contributed by atoms with Gasteiger partial charge >= 0.3 is 0 Å². The van der Waals surface area contributed by atoms with Gasteiger partial charge in [0.25, 0.3) is 0 Å². The molecule has 8 nitrogen and oxygen atoms in total. The van der Waals surface area contributed by atoms with E-state index in [-0.39, 0.29) is 6.61 Å². The lowest BCUT2D eigenvalue weighted by molar-refractivity contribution is 0.00465. The maximum absolute atomic E-state index is 10.3. The number of ether oxygens (including phenoxy) is 2. The van der Waals surface area contributed by atoms with Crippen LogP contribution < -0.4 is 4.74 Å². The summed E-state index contributed by atoms with van der Waals surface area (Å²) in [5.41, 5.74) is 4.42. The SMILES string of the molecule is Cn1cc(-c2ccnc3cc(-c4ccc(OCC(O)CN5CCOCC5)cc4)oc23)cn1. The predicted molar refractivity (Wildman–Crippen MR) is 120 cm³/mol. The van der Waals surface area contributed by atoms with Crippen molar-refractivity contribution in [3.63, 3.8) is 0 Å².